The van der Waals surface area contributed by atoms with Gasteiger partial charge in [0.1, 0.15) is 5.75 Å². The number of hydrogen-bond acceptors (Lipinski definition) is 2. The standard InChI is InChI=1S/C15H14O3/c1-2-18-14-9-7-11-5-3-4-6-12(11)13(14)8-10-15(16)17/h3-10H,2H2,1H3,(H,16,17). The molecule has 0 aromatic heterocycles. The molecule has 1 N–H and O–H groups in total. The molecular weight excluding hydrogens is 228 g/mol. The lowest BCUT2D eigenvalue weighted by molar-refractivity contribution is -0.131. The third-order valence-corrected chi connectivity index (χ3v) is 2.62. The largest absolute Gasteiger partial charge is 0.493 e. The van der Waals surface area contributed by atoms with E-state index in [0.29, 0.717) is 12.4 Å². The summed E-state index contributed by atoms with van der Waals surface area (Å²) in [6, 6.07) is 11.7. The third-order valence-electron chi connectivity index (χ3n) is 2.62. The van der Waals surface area contributed by atoms with E-state index in [1.165, 1.54) is 0 Å². The highest BCUT2D eigenvalue weighted by Crippen LogP contribution is 2.29. The van der Waals surface area contributed by atoms with Gasteiger partial charge in [-0.25, -0.2) is 4.79 Å². The van der Waals surface area contributed by atoms with Crippen LogP contribution in [0.4, 0.5) is 0 Å². The lowest BCUT2D eigenvalue weighted by Crippen LogP contribution is -1.95. The SMILES string of the molecule is CCOc1ccc2ccccc2c1C=CC(=O)O. The zero-order valence-corrected chi connectivity index (χ0v) is 10.1. The molecule has 2 aromatic rings. The Balaban J connectivity index is 2.62. The maximum Gasteiger partial charge on any atom is 0.328 e. The first-order valence-electron chi connectivity index (χ1n) is 5.78. The van der Waals surface area contributed by atoms with E-state index < -0.39 is 5.97 Å². The van der Waals surface area contributed by atoms with E-state index in [4.69, 9.17) is 9.84 Å². The molecular formula is C15H14O3. The van der Waals surface area contributed by atoms with Crippen LogP contribution in [0.1, 0.15) is 12.5 Å². The highest BCUT2D eigenvalue weighted by molar-refractivity contribution is 5.96. The van der Waals surface area contributed by atoms with Gasteiger partial charge in [-0.2, -0.15) is 0 Å². The summed E-state index contributed by atoms with van der Waals surface area (Å²) in [6.45, 7) is 2.45. The van der Waals surface area contributed by atoms with E-state index in [-0.39, 0.29) is 0 Å². The maximum absolute atomic E-state index is 10.7. The minimum Gasteiger partial charge on any atom is -0.493 e. The van der Waals surface area contributed by atoms with E-state index in [0.717, 1.165) is 22.4 Å². The van der Waals surface area contributed by atoms with Gasteiger partial charge < -0.3 is 9.84 Å². The number of carboxylic acids is 1. The monoisotopic (exact) mass is 242 g/mol. The van der Waals surface area contributed by atoms with Gasteiger partial charge >= 0.3 is 5.97 Å². The molecule has 0 unspecified atom stereocenters. The van der Waals surface area contributed by atoms with E-state index >= 15 is 0 Å². The van der Waals surface area contributed by atoms with Gasteiger partial charge in [-0.05, 0) is 29.8 Å². The first-order valence-corrected chi connectivity index (χ1v) is 5.78. The van der Waals surface area contributed by atoms with Gasteiger partial charge in [-0.3, -0.25) is 0 Å². The molecule has 0 spiro atoms. The summed E-state index contributed by atoms with van der Waals surface area (Å²) in [5.41, 5.74) is 0.803. The van der Waals surface area contributed by atoms with Crippen LogP contribution in [0.15, 0.2) is 42.5 Å². The highest BCUT2D eigenvalue weighted by Gasteiger charge is 2.06. The Hall–Kier alpha value is -2.29. The van der Waals surface area contributed by atoms with Crippen LogP contribution in [0.2, 0.25) is 0 Å². The van der Waals surface area contributed by atoms with Crippen LogP contribution in [-0.4, -0.2) is 17.7 Å². The molecule has 0 aliphatic rings. The molecule has 3 nitrogen and oxygen atoms in total. The summed E-state index contributed by atoms with van der Waals surface area (Å²) in [5, 5.41) is 10.8. The summed E-state index contributed by atoms with van der Waals surface area (Å²) >= 11 is 0. The maximum atomic E-state index is 10.7. The van der Waals surface area contributed by atoms with Crippen LogP contribution in [0.5, 0.6) is 5.75 Å². The number of aliphatic carboxylic acids is 1. The molecule has 2 aromatic carbocycles. The molecule has 0 saturated heterocycles. The first kappa shape index (κ1) is 12.2. The molecule has 0 aliphatic heterocycles. The van der Waals surface area contributed by atoms with Crippen LogP contribution in [0, 0.1) is 0 Å². The fraction of sp³-hybridized carbons (Fsp3) is 0.133. The van der Waals surface area contributed by atoms with E-state index in [2.05, 4.69) is 0 Å². The molecule has 2 rings (SSSR count). The molecule has 0 atom stereocenters. The summed E-state index contributed by atoms with van der Waals surface area (Å²) in [4.78, 5) is 10.7. The van der Waals surface area contributed by atoms with Crippen molar-refractivity contribution in [2.24, 2.45) is 0 Å². The van der Waals surface area contributed by atoms with Gasteiger partial charge in [0.2, 0.25) is 0 Å². The van der Waals surface area contributed by atoms with Crippen molar-refractivity contribution in [1.82, 2.24) is 0 Å². The van der Waals surface area contributed by atoms with Gasteiger partial charge in [0.15, 0.2) is 0 Å². The highest BCUT2D eigenvalue weighted by atomic mass is 16.5. The quantitative estimate of drug-likeness (QED) is 0.836. The normalized spacial score (nSPS) is 10.9. The zero-order chi connectivity index (χ0) is 13.0. The van der Waals surface area contributed by atoms with Gasteiger partial charge in [0, 0.05) is 11.6 Å². The topological polar surface area (TPSA) is 46.5 Å². The van der Waals surface area contributed by atoms with Gasteiger partial charge in [0.25, 0.3) is 0 Å². The number of hydrogen-bond donors (Lipinski definition) is 1. The van der Waals surface area contributed by atoms with E-state index in [1.807, 2.05) is 43.3 Å². The fourth-order valence-corrected chi connectivity index (χ4v) is 1.88. The first-order chi connectivity index (χ1) is 8.72. The van der Waals surface area contributed by atoms with E-state index in [9.17, 15) is 4.79 Å². The van der Waals surface area contributed by atoms with Crippen molar-refractivity contribution in [1.29, 1.82) is 0 Å². The van der Waals surface area contributed by atoms with Crippen molar-refractivity contribution < 1.29 is 14.6 Å². The number of benzene rings is 2. The second-order valence-electron chi connectivity index (χ2n) is 3.80. The van der Waals surface area contributed by atoms with Crippen LogP contribution in [0.25, 0.3) is 16.8 Å². The lowest BCUT2D eigenvalue weighted by atomic mass is 10.0. The predicted octanol–water partition coefficient (Wildman–Crippen LogP) is 3.34. The molecule has 0 fully saturated rings. The van der Waals surface area contributed by atoms with Gasteiger partial charge in [-0.15, -0.1) is 0 Å². The summed E-state index contributed by atoms with van der Waals surface area (Å²) in [5.74, 6) is -0.265. The van der Waals surface area contributed by atoms with Crippen molar-refractivity contribution in [3.63, 3.8) is 0 Å². The Morgan fingerprint density at radius 3 is 2.78 bits per heavy atom. The smallest absolute Gasteiger partial charge is 0.328 e. The minimum atomic E-state index is -0.967. The number of carboxylic acid groups (broad SMARTS) is 1. The predicted molar refractivity (Wildman–Crippen MR) is 71.8 cm³/mol. The number of fused-ring (bicyclic) bond motifs is 1. The summed E-state index contributed by atoms with van der Waals surface area (Å²) in [7, 11) is 0. The fourth-order valence-electron chi connectivity index (χ4n) is 1.88. The second-order valence-corrected chi connectivity index (χ2v) is 3.80. The Labute approximate surface area is 105 Å². The Morgan fingerprint density at radius 2 is 2.06 bits per heavy atom. The van der Waals surface area contributed by atoms with Crippen LogP contribution in [-0.2, 0) is 4.79 Å². The van der Waals surface area contributed by atoms with Crippen LogP contribution in [0.3, 0.4) is 0 Å². The Morgan fingerprint density at radius 1 is 1.28 bits per heavy atom. The lowest BCUT2D eigenvalue weighted by Gasteiger charge is -2.10. The molecule has 0 amide bonds. The van der Waals surface area contributed by atoms with Crippen molar-refractivity contribution in [3.05, 3.63) is 48.0 Å². The van der Waals surface area contributed by atoms with Gasteiger partial charge in [-0.1, -0.05) is 30.3 Å². The van der Waals surface area contributed by atoms with Crippen molar-refractivity contribution in [2.45, 2.75) is 6.92 Å². The average molecular weight is 242 g/mol. The second kappa shape index (κ2) is 5.36. The number of rotatable bonds is 4. The average Bonchev–Trinajstić information content (AvgIpc) is 2.37. The zero-order valence-electron chi connectivity index (χ0n) is 10.1. The van der Waals surface area contributed by atoms with Crippen molar-refractivity contribution in [3.8, 4) is 5.75 Å². The molecule has 0 bridgehead atoms. The van der Waals surface area contributed by atoms with E-state index in [1.54, 1.807) is 6.08 Å². The molecule has 3 heteroatoms. The Bertz CT molecular complexity index is 600. The van der Waals surface area contributed by atoms with Crippen molar-refractivity contribution in [2.75, 3.05) is 6.61 Å². The van der Waals surface area contributed by atoms with Crippen LogP contribution < -0.4 is 4.74 Å². The molecule has 0 aliphatic carbocycles. The number of ether oxygens (including phenoxy) is 1. The van der Waals surface area contributed by atoms with Crippen LogP contribution >= 0.6 is 0 Å². The number of carbonyl (C=O) groups is 1. The third kappa shape index (κ3) is 2.51. The minimum absolute atomic E-state index is 0.548. The molecule has 18 heavy (non-hydrogen) atoms. The molecule has 0 radical (unpaired) electrons. The molecule has 92 valence electrons. The molecule has 0 heterocycles. The molecule has 0 saturated carbocycles. The van der Waals surface area contributed by atoms with Gasteiger partial charge in [0.05, 0.1) is 6.61 Å². The Kier molecular flexibility index (Phi) is 3.63. The van der Waals surface area contributed by atoms with Crippen molar-refractivity contribution >= 4 is 22.8 Å². The summed E-state index contributed by atoms with van der Waals surface area (Å²) in [6.07, 6.45) is 2.71. The summed E-state index contributed by atoms with van der Waals surface area (Å²) < 4.78 is 5.53.